The lowest BCUT2D eigenvalue weighted by Crippen LogP contribution is -2.39. The molecule has 1 N–H and O–H groups in total. The lowest BCUT2D eigenvalue weighted by atomic mass is 10.2. The van der Waals surface area contributed by atoms with Gasteiger partial charge in [-0.3, -0.25) is 4.79 Å². The van der Waals surface area contributed by atoms with Crippen LogP contribution in [0.15, 0.2) is 24.3 Å². The van der Waals surface area contributed by atoms with Gasteiger partial charge in [-0.05, 0) is 43.7 Å². The van der Waals surface area contributed by atoms with Crippen LogP contribution in [0.4, 0.5) is 4.39 Å². The van der Waals surface area contributed by atoms with E-state index < -0.39 is 5.82 Å². The van der Waals surface area contributed by atoms with E-state index in [1.165, 1.54) is 19.3 Å². The van der Waals surface area contributed by atoms with Gasteiger partial charge in [-0.15, -0.1) is 0 Å². The summed E-state index contributed by atoms with van der Waals surface area (Å²) >= 11 is 0. The third-order valence-corrected chi connectivity index (χ3v) is 3.69. The second kappa shape index (κ2) is 7.22. The Hall–Kier alpha value is -1.88. The Bertz CT molecular complexity index is 531. The van der Waals surface area contributed by atoms with Crippen LogP contribution < -0.4 is 10.1 Å². The molecule has 0 bridgehead atoms. The van der Waals surface area contributed by atoms with Crippen molar-refractivity contribution in [3.8, 4) is 5.75 Å². The van der Waals surface area contributed by atoms with Crippen LogP contribution in [0.25, 0.3) is 6.08 Å². The Morgan fingerprint density at radius 1 is 1.57 bits per heavy atom. The number of benzene rings is 1. The summed E-state index contributed by atoms with van der Waals surface area (Å²) in [7, 11) is 3.31. The average molecular weight is 292 g/mol. The summed E-state index contributed by atoms with van der Waals surface area (Å²) in [4.78, 5) is 14.1. The zero-order valence-electron chi connectivity index (χ0n) is 12.4. The molecule has 1 atom stereocenters. The van der Waals surface area contributed by atoms with E-state index in [0.29, 0.717) is 5.56 Å². The van der Waals surface area contributed by atoms with Crippen molar-refractivity contribution in [3.05, 3.63) is 35.7 Å². The van der Waals surface area contributed by atoms with Gasteiger partial charge in [0, 0.05) is 25.2 Å². The number of carbonyl (C=O) groups excluding carboxylic acids is 1. The Morgan fingerprint density at radius 3 is 3.05 bits per heavy atom. The first kappa shape index (κ1) is 15.5. The van der Waals surface area contributed by atoms with E-state index >= 15 is 0 Å². The standard InChI is InChI=1S/C16H21FN2O2/c1-18-11-13-4-3-9-19(13)16(20)8-6-12-5-7-15(21-2)14(17)10-12/h5-8,10,13,18H,3-4,9,11H2,1-2H3/b8-6+. The fraction of sp³-hybridized carbons (Fsp3) is 0.438. The van der Waals surface area contributed by atoms with Crippen molar-refractivity contribution >= 4 is 12.0 Å². The van der Waals surface area contributed by atoms with Gasteiger partial charge in [0.05, 0.1) is 7.11 Å². The molecule has 0 radical (unpaired) electrons. The Morgan fingerprint density at radius 2 is 2.38 bits per heavy atom. The molecule has 1 aromatic rings. The second-order valence-corrected chi connectivity index (χ2v) is 5.11. The molecule has 0 aromatic heterocycles. The summed E-state index contributed by atoms with van der Waals surface area (Å²) in [5, 5.41) is 3.11. The zero-order valence-corrected chi connectivity index (χ0v) is 12.4. The highest BCUT2D eigenvalue weighted by Gasteiger charge is 2.26. The molecule has 5 heteroatoms. The molecule has 0 aliphatic carbocycles. The van der Waals surface area contributed by atoms with Crippen LogP contribution in [-0.4, -0.2) is 44.1 Å². The van der Waals surface area contributed by atoms with E-state index in [9.17, 15) is 9.18 Å². The number of likely N-dealkylation sites (tertiary alicyclic amines) is 1. The molecule has 1 saturated heterocycles. The van der Waals surface area contributed by atoms with Crippen molar-refractivity contribution < 1.29 is 13.9 Å². The van der Waals surface area contributed by atoms with E-state index in [1.807, 2.05) is 11.9 Å². The largest absolute Gasteiger partial charge is 0.494 e. The van der Waals surface area contributed by atoms with Gasteiger partial charge in [-0.25, -0.2) is 4.39 Å². The maximum atomic E-state index is 13.6. The van der Waals surface area contributed by atoms with Crippen molar-refractivity contribution in [1.29, 1.82) is 0 Å². The van der Waals surface area contributed by atoms with Crippen molar-refractivity contribution in [2.45, 2.75) is 18.9 Å². The summed E-state index contributed by atoms with van der Waals surface area (Å²) in [6.45, 7) is 1.59. The number of hydrogen-bond acceptors (Lipinski definition) is 3. The minimum atomic E-state index is -0.429. The van der Waals surface area contributed by atoms with Crippen LogP contribution in [0, 0.1) is 5.82 Å². The number of nitrogens with zero attached hydrogens (tertiary/aromatic N) is 1. The predicted molar refractivity (Wildman–Crippen MR) is 80.6 cm³/mol. The number of carbonyl (C=O) groups is 1. The first-order valence-electron chi connectivity index (χ1n) is 7.12. The van der Waals surface area contributed by atoms with Crippen LogP contribution >= 0.6 is 0 Å². The summed E-state index contributed by atoms with van der Waals surface area (Å²) in [6.07, 6.45) is 5.20. The first-order chi connectivity index (χ1) is 10.2. The molecule has 114 valence electrons. The molecule has 2 rings (SSSR count). The molecule has 0 saturated carbocycles. The maximum Gasteiger partial charge on any atom is 0.246 e. The molecule has 1 aliphatic rings. The quantitative estimate of drug-likeness (QED) is 0.845. The topological polar surface area (TPSA) is 41.6 Å². The molecular weight excluding hydrogens is 271 g/mol. The lowest BCUT2D eigenvalue weighted by Gasteiger charge is -2.23. The van der Waals surface area contributed by atoms with Gasteiger partial charge in [0.15, 0.2) is 11.6 Å². The van der Waals surface area contributed by atoms with Gasteiger partial charge < -0.3 is 15.0 Å². The fourth-order valence-corrected chi connectivity index (χ4v) is 2.62. The van der Waals surface area contributed by atoms with E-state index in [2.05, 4.69) is 5.32 Å². The summed E-state index contributed by atoms with van der Waals surface area (Å²) in [5.41, 5.74) is 0.644. The predicted octanol–water partition coefficient (Wildman–Crippen LogP) is 2.06. The minimum absolute atomic E-state index is 0.0241. The number of amides is 1. The van der Waals surface area contributed by atoms with Gasteiger partial charge in [-0.2, -0.15) is 0 Å². The highest BCUT2D eigenvalue weighted by atomic mass is 19.1. The van der Waals surface area contributed by atoms with Crippen LogP contribution in [0.5, 0.6) is 5.75 Å². The molecule has 1 aliphatic heterocycles. The fourth-order valence-electron chi connectivity index (χ4n) is 2.62. The second-order valence-electron chi connectivity index (χ2n) is 5.11. The number of hydrogen-bond donors (Lipinski definition) is 1. The number of halogens is 1. The van der Waals surface area contributed by atoms with Crippen molar-refractivity contribution in [3.63, 3.8) is 0 Å². The third kappa shape index (κ3) is 3.82. The molecule has 4 nitrogen and oxygen atoms in total. The van der Waals surface area contributed by atoms with E-state index in [-0.39, 0.29) is 17.7 Å². The summed E-state index contributed by atoms with van der Waals surface area (Å²) in [6, 6.07) is 4.89. The third-order valence-electron chi connectivity index (χ3n) is 3.69. The SMILES string of the molecule is CNCC1CCCN1C(=O)/C=C/c1ccc(OC)c(F)c1. The monoisotopic (exact) mass is 292 g/mol. The Kier molecular flexibility index (Phi) is 5.33. The van der Waals surface area contributed by atoms with Crippen LogP contribution in [-0.2, 0) is 4.79 Å². The molecule has 1 heterocycles. The van der Waals surface area contributed by atoms with Crippen molar-refractivity contribution in [1.82, 2.24) is 10.2 Å². The van der Waals surface area contributed by atoms with Crippen LogP contribution in [0.2, 0.25) is 0 Å². The van der Waals surface area contributed by atoms with Gasteiger partial charge in [-0.1, -0.05) is 6.07 Å². The highest BCUT2D eigenvalue weighted by Crippen LogP contribution is 2.20. The highest BCUT2D eigenvalue weighted by molar-refractivity contribution is 5.92. The Labute approximate surface area is 124 Å². The number of likely N-dealkylation sites (N-methyl/N-ethyl adjacent to an activating group) is 1. The van der Waals surface area contributed by atoms with E-state index in [0.717, 1.165) is 25.9 Å². The van der Waals surface area contributed by atoms with Crippen molar-refractivity contribution in [2.24, 2.45) is 0 Å². The lowest BCUT2D eigenvalue weighted by molar-refractivity contribution is -0.126. The molecule has 21 heavy (non-hydrogen) atoms. The number of rotatable bonds is 5. The van der Waals surface area contributed by atoms with E-state index in [4.69, 9.17) is 4.74 Å². The number of ether oxygens (including phenoxy) is 1. The van der Waals surface area contributed by atoms with Gasteiger partial charge in [0.1, 0.15) is 0 Å². The van der Waals surface area contributed by atoms with Gasteiger partial charge in [0.2, 0.25) is 5.91 Å². The van der Waals surface area contributed by atoms with Gasteiger partial charge >= 0.3 is 0 Å². The molecule has 1 unspecified atom stereocenters. The molecule has 1 amide bonds. The van der Waals surface area contributed by atoms with Crippen LogP contribution in [0.1, 0.15) is 18.4 Å². The molecule has 1 fully saturated rings. The Balaban J connectivity index is 2.03. The van der Waals surface area contributed by atoms with Crippen LogP contribution in [0.3, 0.4) is 0 Å². The van der Waals surface area contributed by atoms with Gasteiger partial charge in [0.25, 0.3) is 0 Å². The number of nitrogens with one attached hydrogen (secondary N) is 1. The first-order valence-corrected chi connectivity index (χ1v) is 7.12. The number of methoxy groups -OCH3 is 1. The smallest absolute Gasteiger partial charge is 0.246 e. The summed E-state index contributed by atoms with van der Waals surface area (Å²) < 4.78 is 18.4. The molecule has 0 spiro atoms. The molecule has 1 aromatic carbocycles. The van der Waals surface area contributed by atoms with E-state index in [1.54, 1.807) is 18.2 Å². The zero-order chi connectivity index (χ0) is 15.2. The van der Waals surface area contributed by atoms with Crippen molar-refractivity contribution in [2.75, 3.05) is 27.2 Å². The maximum absolute atomic E-state index is 13.6. The summed E-state index contributed by atoms with van der Waals surface area (Å²) in [5.74, 6) is -0.252. The average Bonchev–Trinajstić information content (AvgIpc) is 2.93. The molecular formula is C16H21FN2O2. The minimum Gasteiger partial charge on any atom is -0.494 e. The normalized spacial score (nSPS) is 18.4.